The third-order valence-electron chi connectivity index (χ3n) is 3.44. The second-order valence-corrected chi connectivity index (χ2v) is 8.97. The van der Waals surface area contributed by atoms with Crippen LogP contribution in [0.1, 0.15) is 38.6 Å². The first kappa shape index (κ1) is 16.5. The van der Waals surface area contributed by atoms with Gasteiger partial charge in [0.1, 0.15) is 0 Å². The van der Waals surface area contributed by atoms with Crippen molar-refractivity contribution in [2.45, 2.75) is 45.8 Å². The largest absolute Gasteiger partial charge is 0.360 e. The van der Waals surface area contributed by atoms with Crippen molar-refractivity contribution in [2.75, 3.05) is 24.6 Å². The second kappa shape index (κ2) is 6.46. The van der Waals surface area contributed by atoms with E-state index in [9.17, 15) is 8.42 Å². The molecular weight excluding hydrogens is 290 g/mol. The lowest BCUT2D eigenvalue weighted by atomic mass is 10.1. The smallest absolute Gasteiger partial charge is 0.151 e. The maximum Gasteiger partial charge on any atom is 0.151 e. The molecule has 0 aliphatic carbocycles. The number of hydrogen-bond acceptors (Lipinski definition) is 6. The minimum Gasteiger partial charge on any atom is -0.360 e. The minimum absolute atomic E-state index is 0.0399. The van der Waals surface area contributed by atoms with Crippen LogP contribution in [0.5, 0.6) is 0 Å². The molecule has 1 aromatic heterocycles. The maximum atomic E-state index is 11.6. The zero-order chi connectivity index (χ0) is 15.5. The summed E-state index contributed by atoms with van der Waals surface area (Å²) in [6.07, 6.45) is 0.689. The van der Waals surface area contributed by atoms with Gasteiger partial charge in [0.05, 0.1) is 23.7 Å². The molecule has 0 spiro atoms. The summed E-state index contributed by atoms with van der Waals surface area (Å²) in [6, 6.07) is 1.94. The van der Waals surface area contributed by atoms with Crippen LogP contribution in [0.25, 0.3) is 0 Å². The van der Waals surface area contributed by atoms with Crippen LogP contribution in [-0.4, -0.2) is 48.6 Å². The molecule has 1 fully saturated rings. The van der Waals surface area contributed by atoms with Gasteiger partial charge >= 0.3 is 0 Å². The number of hydrogen-bond donors (Lipinski definition) is 1. The molecule has 7 heteroatoms. The zero-order valence-electron chi connectivity index (χ0n) is 13.1. The molecule has 2 rings (SSSR count). The van der Waals surface area contributed by atoms with Gasteiger partial charge in [0.25, 0.3) is 0 Å². The number of rotatable bonds is 4. The molecule has 0 radical (unpaired) electrons. The van der Waals surface area contributed by atoms with E-state index in [-0.39, 0.29) is 11.3 Å². The fraction of sp³-hybridized carbons (Fsp3) is 0.786. The molecular formula is C14H25N3O3S. The summed E-state index contributed by atoms with van der Waals surface area (Å²) in [4.78, 5) is 2.12. The molecule has 0 bridgehead atoms. The first-order valence-electron chi connectivity index (χ1n) is 7.36. The van der Waals surface area contributed by atoms with E-state index < -0.39 is 9.84 Å². The number of sulfone groups is 1. The van der Waals surface area contributed by atoms with Gasteiger partial charge in [0.15, 0.2) is 15.6 Å². The lowest BCUT2D eigenvalue weighted by molar-refractivity contribution is 0.245. The van der Waals surface area contributed by atoms with Gasteiger partial charge in [-0.05, 0) is 33.7 Å². The topological polar surface area (TPSA) is 75.4 Å². The highest BCUT2D eigenvalue weighted by Crippen LogP contribution is 2.12. The van der Waals surface area contributed by atoms with Crippen molar-refractivity contribution in [1.82, 2.24) is 15.4 Å². The van der Waals surface area contributed by atoms with Crippen molar-refractivity contribution in [1.29, 1.82) is 0 Å². The SMILES string of the molecule is CC(C)(C)NCc1cc(CN2CCCS(=O)(=O)CC2)on1. The molecule has 0 atom stereocenters. The molecule has 0 amide bonds. The number of nitrogens with one attached hydrogen (secondary N) is 1. The van der Waals surface area contributed by atoms with Gasteiger partial charge in [-0.25, -0.2) is 8.42 Å². The standard InChI is InChI=1S/C14H25N3O3S/c1-14(2,3)15-10-12-9-13(20-16-12)11-17-5-4-7-21(18,19)8-6-17/h9,15H,4-8,10-11H2,1-3H3. The van der Waals surface area contributed by atoms with Crippen molar-refractivity contribution >= 4 is 9.84 Å². The first-order chi connectivity index (χ1) is 9.73. The van der Waals surface area contributed by atoms with Gasteiger partial charge in [-0.3, -0.25) is 4.90 Å². The molecule has 1 N–H and O–H groups in total. The Morgan fingerprint density at radius 1 is 1.33 bits per heavy atom. The van der Waals surface area contributed by atoms with Gasteiger partial charge in [0, 0.05) is 24.7 Å². The highest BCUT2D eigenvalue weighted by atomic mass is 32.2. The van der Waals surface area contributed by atoms with Crippen LogP contribution >= 0.6 is 0 Å². The highest BCUT2D eigenvalue weighted by Gasteiger charge is 2.20. The van der Waals surface area contributed by atoms with E-state index in [2.05, 4.69) is 36.1 Å². The Balaban J connectivity index is 1.87. The number of nitrogens with zero attached hydrogens (tertiary/aromatic N) is 2. The van der Waals surface area contributed by atoms with Gasteiger partial charge in [-0.2, -0.15) is 0 Å². The molecule has 1 aliphatic heterocycles. The summed E-state index contributed by atoms with van der Waals surface area (Å²) in [5.74, 6) is 1.32. The summed E-state index contributed by atoms with van der Waals surface area (Å²) >= 11 is 0. The average molecular weight is 315 g/mol. The predicted octanol–water partition coefficient (Wildman–Crippen LogP) is 1.18. The van der Waals surface area contributed by atoms with E-state index >= 15 is 0 Å². The average Bonchev–Trinajstić information content (AvgIpc) is 2.73. The Labute approximate surface area is 126 Å². The lowest BCUT2D eigenvalue weighted by Gasteiger charge is -2.19. The third kappa shape index (κ3) is 5.76. The van der Waals surface area contributed by atoms with Gasteiger partial charge in [-0.15, -0.1) is 0 Å². The van der Waals surface area contributed by atoms with Gasteiger partial charge in [0.2, 0.25) is 0 Å². The minimum atomic E-state index is -2.86. The Morgan fingerprint density at radius 3 is 2.81 bits per heavy atom. The van der Waals surface area contributed by atoms with Gasteiger partial charge < -0.3 is 9.84 Å². The van der Waals surface area contributed by atoms with E-state index in [1.165, 1.54) is 0 Å². The summed E-state index contributed by atoms with van der Waals surface area (Å²) in [5.41, 5.74) is 0.917. The molecule has 6 nitrogen and oxygen atoms in total. The molecule has 1 saturated heterocycles. The van der Waals surface area contributed by atoms with E-state index in [4.69, 9.17) is 4.52 Å². The number of aromatic nitrogens is 1. The van der Waals surface area contributed by atoms with Crippen molar-refractivity contribution in [3.63, 3.8) is 0 Å². The van der Waals surface area contributed by atoms with Gasteiger partial charge in [-0.1, -0.05) is 5.16 Å². The Morgan fingerprint density at radius 2 is 2.10 bits per heavy atom. The highest BCUT2D eigenvalue weighted by molar-refractivity contribution is 7.91. The van der Waals surface area contributed by atoms with Crippen LogP contribution < -0.4 is 5.32 Å². The summed E-state index contributed by atoms with van der Waals surface area (Å²) in [7, 11) is -2.86. The normalized spacial score (nSPS) is 20.3. The van der Waals surface area contributed by atoms with E-state index in [0.717, 1.165) is 18.0 Å². The first-order valence-corrected chi connectivity index (χ1v) is 9.18. The predicted molar refractivity (Wildman–Crippen MR) is 81.6 cm³/mol. The van der Waals surface area contributed by atoms with Crippen LogP contribution in [0.4, 0.5) is 0 Å². The van der Waals surface area contributed by atoms with Crippen LogP contribution in [0.15, 0.2) is 10.6 Å². The van der Waals surface area contributed by atoms with Crippen LogP contribution in [0, 0.1) is 0 Å². The fourth-order valence-electron chi connectivity index (χ4n) is 2.24. The van der Waals surface area contributed by atoms with Crippen molar-refractivity contribution in [3.05, 3.63) is 17.5 Å². The van der Waals surface area contributed by atoms with Crippen LogP contribution in [-0.2, 0) is 22.9 Å². The molecule has 0 aromatic carbocycles. The Bertz CT molecular complexity index is 560. The summed E-state index contributed by atoms with van der Waals surface area (Å²) in [6.45, 7) is 8.95. The molecule has 2 heterocycles. The molecule has 21 heavy (non-hydrogen) atoms. The molecule has 120 valence electrons. The Hall–Kier alpha value is -0.920. The molecule has 0 saturated carbocycles. The molecule has 1 aliphatic rings. The summed E-state index contributed by atoms with van der Waals surface area (Å²) in [5, 5.41) is 7.41. The zero-order valence-corrected chi connectivity index (χ0v) is 13.9. The molecule has 1 aromatic rings. The third-order valence-corrected chi connectivity index (χ3v) is 5.15. The van der Waals surface area contributed by atoms with Crippen molar-refractivity contribution < 1.29 is 12.9 Å². The van der Waals surface area contributed by atoms with Crippen molar-refractivity contribution in [3.8, 4) is 0 Å². The Kier molecular flexibility index (Phi) is 5.06. The lowest BCUT2D eigenvalue weighted by Crippen LogP contribution is -2.35. The monoisotopic (exact) mass is 315 g/mol. The van der Waals surface area contributed by atoms with Crippen LogP contribution in [0.2, 0.25) is 0 Å². The van der Waals surface area contributed by atoms with E-state index in [1.807, 2.05) is 6.07 Å². The second-order valence-electron chi connectivity index (χ2n) is 6.67. The van der Waals surface area contributed by atoms with E-state index in [0.29, 0.717) is 31.8 Å². The maximum absolute atomic E-state index is 11.6. The summed E-state index contributed by atoms with van der Waals surface area (Å²) < 4.78 is 28.5. The molecule has 0 unspecified atom stereocenters. The fourth-order valence-corrected chi connectivity index (χ4v) is 3.55. The van der Waals surface area contributed by atoms with Crippen LogP contribution in [0.3, 0.4) is 0 Å². The van der Waals surface area contributed by atoms with Crippen molar-refractivity contribution in [2.24, 2.45) is 0 Å². The quantitative estimate of drug-likeness (QED) is 0.899. The van der Waals surface area contributed by atoms with E-state index in [1.54, 1.807) is 0 Å².